The molecule has 0 fully saturated rings. The molecule has 0 aliphatic rings. The van der Waals surface area contributed by atoms with Gasteiger partial charge in [0.25, 0.3) is 5.56 Å². The van der Waals surface area contributed by atoms with Crippen molar-refractivity contribution in [2.45, 2.75) is 38.8 Å². The van der Waals surface area contributed by atoms with Crippen molar-refractivity contribution in [1.82, 2.24) is 9.29 Å². The summed E-state index contributed by atoms with van der Waals surface area (Å²) in [7, 11) is -3.86. The standard InChI is InChI=1S/C24H24N2O4S/c1-16-6-8-21(9-7-16)31(28,29)26(15-20-5-4-10-30-20)14-19-13-22-18(3)11-17(2)12-23(22)25-24(19)27/h4-13H,14-15H2,1-3H3,(H,25,27). The largest absolute Gasteiger partial charge is 0.468 e. The summed E-state index contributed by atoms with van der Waals surface area (Å²) < 4.78 is 33.5. The molecule has 0 spiro atoms. The fourth-order valence-corrected chi connectivity index (χ4v) is 5.07. The summed E-state index contributed by atoms with van der Waals surface area (Å²) in [6.45, 7) is 5.79. The first-order chi connectivity index (χ1) is 14.7. The molecule has 0 aliphatic carbocycles. The average molecular weight is 437 g/mol. The van der Waals surface area contributed by atoms with Gasteiger partial charge in [0.2, 0.25) is 10.0 Å². The van der Waals surface area contributed by atoms with Crippen LogP contribution in [0.15, 0.2) is 75.0 Å². The minimum atomic E-state index is -3.86. The summed E-state index contributed by atoms with van der Waals surface area (Å²) >= 11 is 0. The lowest BCUT2D eigenvalue weighted by Crippen LogP contribution is -2.32. The van der Waals surface area contributed by atoms with Gasteiger partial charge in [0.1, 0.15) is 5.76 Å². The predicted molar refractivity (Wildman–Crippen MR) is 120 cm³/mol. The van der Waals surface area contributed by atoms with Gasteiger partial charge < -0.3 is 9.40 Å². The number of rotatable bonds is 6. The van der Waals surface area contributed by atoms with Crippen LogP contribution in [0.2, 0.25) is 0 Å². The van der Waals surface area contributed by atoms with E-state index in [9.17, 15) is 13.2 Å². The van der Waals surface area contributed by atoms with Crippen molar-refractivity contribution < 1.29 is 12.8 Å². The average Bonchev–Trinajstić information content (AvgIpc) is 3.22. The van der Waals surface area contributed by atoms with Crippen molar-refractivity contribution in [1.29, 1.82) is 0 Å². The van der Waals surface area contributed by atoms with E-state index in [2.05, 4.69) is 4.98 Å². The van der Waals surface area contributed by atoms with Crippen LogP contribution >= 0.6 is 0 Å². The summed E-state index contributed by atoms with van der Waals surface area (Å²) in [5, 5.41) is 0.894. The number of aryl methyl sites for hydroxylation is 3. The molecule has 4 rings (SSSR count). The molecule has 2 aromatic heterocycles. The molecule has 160 valence electrons. The molecule has 0 atom stereocenters. The van der Waals surface area contributed by atoms with Gasteiger partial charge in [-0.15, -0.1) is 0 Å². The van der Waals surface area contributed by atoms with E-state index in [4.69, 9.17) is 4.42 Å². The van der Waals surface area contributed by atoms with Gasteiger partial charge in [-0.2, -0.15) is 4.31 Å². The zero-order chi connectivity index (χ0) is 22.2. The van der Waals surface area contributed by atoms with Crippen molar-refractivity contribution >= 4 is 20.9 Å². The number of nitrogens with one attached hydrogen (secondary N) is 1. The number of furan rings is 1. The summed E-state index contributed by atoms with van der Waals surface area (Å²) in [6, 6.07) is 15.8. The Balaban J connectivity index is 1.79. The van der Waals surface area contributed by atoms with Crippen molar-refractivity contribution in [2.24, 2.45) is 0 Å². The summed E-state index contributed by atoms with van der Waals surface area (Å²) in [5.41, 5.74) is 3.85. The molecule has 0 saturated carbocycles. The Labute approximate surface area is 181 Å². The highest BCUT2D eigenvalue weighted by atomic mass is 32.2. The SMILES string of the molecule is Cc1ccc(S(=O)(=O)N(Cc2ccco2)Cc2cc3c(C)cc(C)cc3[nH]c2=O)cc1. The van der Waals surface area contributed by atoms with E-state index >= 15 is 0 Å². The van der Waals surface area contributed by atoms with Gasteiger partial charge in [-0.1, -0.05) is 23.8 Å². The molecule has 0 unspecified atom stereocenters. The maximum absolute atomic E-state index is 13.4. The number of nitrogens with zero attached hydrogens (tertiary/aromatic N) is 1. The maximum Gasteiger partial charge on any atom is 0.252 e. The Morgan fingerprint density at radius 3 is 2.35 bits per heavy atom. The van der Waals surface area contributed by atoms with Crippen molar-refractivity contribution in [2.75, 3.05) is 0 Å². The second-order valence-electron chi connectivity index (χ2n) is 7.83. The predicted octanol–water partition coefficient (Wildman–Crippen LogP) is 4.44. The van der Waals surface area contributed by atoms with E-state index in [0.717, 1.165) is 27.6 Å². The number of pyridine rings is 1. The summed E-state index contributed by atoms with van der Waals surface area (Å²) in [5.74, 6) is 0.500. The third kappa shape index (κ3) is 4.33. The third-order valence-corrected chi connectivity index (χ3v) is 7.11. The second kappa shape index (κ2) is 8.17. The number of aromatic nitrogens is 1. The number of hydrogen-bond acceptors (Lipinski definition) is 4. The Morgan fingerprint density at radius 1 is 0.935 bits per heavy atom. The first-order valence-corrected chi connectivity index (χ1v) is 11.4. The van der Waals surface area contributed by atoms with Crippen LogP contribution in [-0.2, 0) is 23.1 Å². The van der Waals surface area contributed by atoms with Crippen molar-refractivity contribution in [3.63, 3.8) is 0 Å². The minimum absolute atomic E-state index is 0.0214. The van der Waals surface area contributed by atoms with E-state index in [1.54, 1.807) is 42.5 Å². The Kier molecular flexibility index (Phi) is 5.56. The molecule has 31 heavy (non-hydrogen) atoms. The molecule has 0 aliphatic heterocycles. The van der Waals surface area contributed by atoms with E-state index in [-0.39, 0.29) is 23.5 Å². The quantitative estimate of drug-likeness (QED) is 0.484. The Bertz CT molecular complexity index is 1390. The topological polar surface area (TPSA) is 83.4 Å². The first kappa shape index (κ1) is 21.1. The lowest BCUT2D eigenvalue weighted by molar-refractivity contribution is 0.357. The lowest BCUT2D eigenvalue weighted by atomic mass is 10.0. The van der Waals surface area contributed by atoms with E-state index < -0.39 is 10.0 Å². The monoisotopic (exact) mass is 436 g/mol. The van der Waals surface area contributed by atoms with Gasteiger partial charge in [-0.25, -0.2) is 8.42 Å². The smallest absolute Gasteiger partial charge is 0.252 e. The van der Waals surface area contributed by atoms with Crippen LogP contribution in [0.4, 0.5) is 0 Å². The molecule has 1 N–H and O–H groups in total. The number of fused-ring (bicyclic) bond motifs is 1. The maximum atomic E-state index is 13.4. The molecule has 7 heteroatoms. The van der Waals surface area contributed by atoms with Crippen LogP contribution in [0, 0.1) is 20.8 Å². The second-order valence-corrected chi connectivity index (χ2v) is 9.77. The van der Waals surface area contributed by atoms with Crippen LogP contribution in [0.5, 0.6) is 0 Å². The number of hydrogen-bond donors (Lipinski definition) is 1. The first-order valence-electron chi connectivity index (χ1n) is 9.96. The lowest BCUT2D eigenvalue weighted by Gasteiger charge is -2.21. The van der Waals surface area contributed by atoms with E-state index in [1.807, 2.05) is 32.9 Å². The number of sulfonamides is 1. The van der Waals surface area contributed by atoms with Gasteiger partial charge in [0, 0.05) is 23.0 Å². The highest BCUT2D eigenvalue weighted by Gasteiger charge is 2.27. The van der Waals surface area contributed by atoms with Crippen LogP contribution < -0.4 is 5.56 Å². The normalized spacial score (nSPS) is 12.0. The van der Waals surface area contributed by atoms with Crippen LogP contribution in [0.25, 0.3) is 10.9 Å². The fourth-order valence-electron chi connectivity index (χ4n) is 3.69. The molecule has 2 heterocycles. The number of benzene rings is 2. The zero-order valence-corrected chi connectivity index (χ0v) is 18.5. The molecular weight excluding hydrogens is 412 g/mol. The molecule has 0 bridgehead atoms. The van der Waals surface area contributed by atoms with Gasteiger partial charge in [0.15, 0.2) is 0 Å². The molecule has 2 aromatic carbocycles. The van der Waals surface area contributed by atoms with Gasteiger partial charge in [-0.05, 0) is 68.3 Å². The highest BCUT2D eigenvalue weighted by Crippen LogP contribution is 2.23. The molecule has 0 radical (unpaired) electrons. The van der Waals surface area contributed by atoms with Gasteiger partial charge in [-0.3, -0.25) is 4.79 Å². The van der Waals surface area contributed by atoms with E-state index in [1.165, 1.54) is 10.6 Å². The van der Waals surface area contributed by atoms with Gasteiger partial charge >= 0.3 is 0 Å². The molecule has 0 amide bonds. The van der Waals surface area contributed by atoms with Gasteiger partial charge in [0.05, 0.1) is 17.7 Å². The van der Waals surface area contributed by atoms with Crippen molar-refractivity contribution in [3.05, 3.63) is 99.2 Å². The number of aromatic amines is 1. The molecule has 6 nitrogen and oxygen atoms in total. The summed E-state index contributed by atoms with van der Waals surface area (Å²) in [6.07, 6.45) is 1.50. The molecular formula is C24H24N2O4S. The van der Waals surface area contributed by atoms with Crippen LogP contribution in [-0.4, -0.2) is 17.7 Å². The summed E-state index contributed by atoms with van der Waals surface area (Å²) in [4.78, 5) is 15.9. The van der Waals surface area contributed by atoms with E-state index in [0.29, 0.717) is 11.3 Å². The Hall–Kier alpha value is -3.16. The van der Waals surface area contributed by atoms with Crippen LogP contribution in [0.3, 0.4) is 0 Å². The Morgan fingerprint density at radius 2 is 1.68 bits per heavy atom. The minimum Gasteiger partial charge on any atom is -0.468 e. The number of H-pyrrole nitrogens is 1. The highest BCUT2D eigenvalue weighted by molar-refractivity contribution is 7.89. The van der Waals surface area contributed by atoms with Crippen molar-refractivity contribution in [3.8, 4) is 0 Å². The third-order valence-electron chi connectivity index (χ3n) is 5.31. The molecule has 4 aromatic rings. The molecule has 0 saturated heterocycles. The zero-order valence-electron chi connectivity index (χ0n) is 17.7. The van der Waals surface area contributed by atoms with Crippen LogP contribution in [0.1, 0.15) is 28.0 Å². The fraction of sp³-hybridized carbons (Fsp3) is 0.208.